The topological polar surface area (TPSA) is 58.6 Å². The van der Waals surface area contributed by atoms with Gasteiger partial charge in [-0.25, -0.2) is 0 Å². The fourth-order valence-corrected chi connectivity index (χ4v) is 3.28. The van der Waals surface area contributed by atoms with Crippen LogP contribution >= 0.6 is 15.9 Å². The molecule has 0 spiro atoms. The fraction of sp³-hybridized carbons (Fsp3) is 0.333. The number of ether oxygens (including phenoxy) is 1. The largest absolute Gasteiger partial charge is 0.496 e. The first kappa shape index (κ1) is 21.0. The van der Waals surface area contributed by atoms with E-state index in [9.17, 15) is 9.59 Å². The number of anilines is 1. The van der Waals surface area contributed by atoms with Crippen LogP contribution < -0.4 is 10.1 Å². The molecule has 0 unspecified atom stereocenters. The third-order valence-electron chi connectivity index (χ3n) is 4.08. The second kappa shape index (κ2) is 10.1. The molecule has 0 aliphatic heterocycles. The van der Waals surface area contributed by atoms with Crippen molar-refractivity contribution in [3.63, 3.8) is 0 Å². The quantitative estimate of drug-likeness (QED) is 0.640. The lowest BCUT2D eigenvalue weighted by Crippen LogP contribution is -2.32. The molecule has 2 amide bonds. The van der Waals surface area contributed by atoms with E-state index >= 15 is 0 Å². The van der Waals surface area contributed by atoms with Gasteiger partial charge in [0.15, 0.2) is 0 Å². The Hall–Kier alpha value is -2.34. The minimum atomic E-state index is -0.226. The van der Waals surface area contributed by atoms with E-state index in [1.165, 1.54) is 0 Å². The highest BCUT2D eigenvalue weighted by Gasteiger charge is 2.14. The first-order valence-electron chi connectivity index (χ1n) is 9.04. The first-order chi connectivity index (χ1) is 13.0. The molecule has 0 aromatic heterocycles. The Morgan fingerprint density at radius 1 is 1.00 bits per heavy atom. The highest BCUT2D eigenvalue weighted by atomic mass is 79.9. The van der Waals surface area contributed by atoms with Gasteiger partial charge in [0.1, 0.15) is 5.75 Å². The molecule has 2 aromatic rings. The van der Waals surface area contributed by atoms with Gasteiger partial charge in [-0.3, -0.25) is 9.59 Å². The van der Waals surface area contributed by atoms with Gasteiger partial charge in [-0.15, -0.1) is 0 Å². The maximum absolute atomic E-state index is 12.6. The number of halogens is 1. The fourth-order valence-electron chi connectivity index (χ4n) is 2.74. The van der Waals surface area contributed by atoms with Crippen molar-refractivity contribution in [1.29, 1.82) is 0 Å². The number of amides is 2. The van der Waals surface area contributed by atoms with Crippen LogP contribution in [-0.4, -0.2) is 36.9 Å². The Kier molecular flexibility index (Phi) is 7.85. The standard InChI is InChI=1S/C21H25BrN2O3/c1-4-12-24(13-5-2)21(26)15-6-9-17(10-7-15)23-20(25)16-8-11-19(27-3)18(22)14-16/h6-11,14H,4-5,12-13H2,1-3H3,(H,23,25). The third kappa shape index (κ3) is 5.57. The van der Waals surface area contributed by atoms with E-state index < -0.39 is 0 Å². The summed E-state index contributed by atoms with van der Waals surface area (Å²) in [5, 5.41) is 2.84. The zero-order valence-corrected chi connectivity index (χ0v) is 17.5. The number of rotatable bonds is 8. The van der Waals surface area contributed by atoms with Crippen LogP contribution in [0.4, 0.5) is 5.69 Å². The molecule has 0 atom stereocenters. The van der Waals surface area contributed by atoms with Gasteiger partial charge >= 0.3 is 0 Å². The maximum Gasteiger partial charge on any atom is 0.255 e. The summed E-state index contributed by atoms with van der Waals surface area (Å²) >= 11 is 3.38. The van der Waals surface area contributed by atoms with Crippen LogP contribution in [-0.2, 0) is 0 Å². The second-order valence-corrected chi connectivity index (χ2v) is 7.03. The minimum absolute atomic E-state index is 0.0238. The molecule has 0 bridgehead atoms. The van der Waals surface area contributed by atoms with Crippen LogP contribution in [0.1, 0.15) is 47.4 Å². The van der Waals surface area contributed by atoms with Gasteiger partial charge in [0.25, 0.3) is 11.8 Å². The van der Waals surface area contributed by atoms with Gasteiger partial charge < -0.3 is 15.0 Å². The Morgan fingerprint density at radius 2 is 1.59 bits per heavy atom. The van der Waals surface area contributed by atoms with E-state index in [1.54, 1.807) is 49.6 Å². The Balaban J connectivity index is 2.07. The number of carbonyl (C=O) groups is 2. The number of nitrogens with zero attached hydrogens (tertiary/aromatic N) is 1. The van der Waals surface area contributed by atoms with E-state index in [4.69, 9.17) is 4.74 Å². The molecule has 5 nitrogen and oxygen atoms in total. The average molecular weight is 433 g/mol. The molecule has 0 saturated carbocycles. The molecule has 0 aliphatic carbocycles. The summed E-state index contributed by atoms with van der Waals surface area (Å²) in [5.41, 5.74) is 1.78. The third-order valence-corrected chi connectivity index (χ3v) is 4.70. The molecule has 0 heterocycles. The molecule has 0 aliphatic rings. The number of carbonyl (C=O) groups excluding carboxylic acids is 2. The summed E-state index contributed by atoms with van der Waals surface area (Å²) < 4.78 is 5.89. The first-order valence-corrected chi connectivity index (χ1v) is 9.83. The Bertz CT molecular complexity index is 785. The summed E-state index contributed by atoms with van der Waals surface area (Å²) in [6, 6.07) is 12.1. The molecule has 0 radical (unpaired) electrons. The summed E-state index contributed by atoms with van der Waals surface area (Å²) in [4.78, 5) is 26.9. The van der Waals surface area contributed by atoms with Crippen molar-refractivity contribution in [1.82, 2.24) is 4.90 Å². The maximum atomic E-state index is 12.6. The van der Waals surface area contributed by atoms with Crippen LogP contribution in [0.25, 0.3) is 0 Å². The molecular formula is C21H25BrN2O3. The van der Waals surface area contributed by atoms with E-state index in [0.29, 0.717) is 27.0 Å². The number of methoxy groups -OCH3 is 1. The minimum Gasteiger partial charge on any atom is -0.496 e. The van der Waals surface area contributed by atoms with Crippen LogP contribution in [0.5, 0.6) is 5.75 Å². The number of hydrogen-bond acceptors (Lipinski definition) is 3. The van der Waals surface area contributed by atoms with Crippen molar-refractivity contribution < 1.29 is 14.3 Å². The van der Waals surface area contributed by atoms with Crippen molar-refractivity contribution in [3.05, 3.63) is 58.1 Å². The van der Waals surface area contributed by atoms with E-state index in [1.807, 2.05) is 4.90 Å². The molecule has 144 valence electrons. The SMILES string of the molecule is CCCN(CCC)C(=O)c1ccc(NC(=O)c2ccc(OC)c(Br)c2)cc1. The van der Waals surface area contributed by atoms with Crippen molar-refractivity contribution in [2.45, 2.75) is 26.7 Å². The normalized spacial score (nSPS) is 10.4. The predicted molar refractivity (Wildman–Crippen MR) is 112 cm³/mol. The van der Waals surface area contributed by atoms with Gasteiger partial charge in [-0.2, -0.15) is 0 Å². The van der Waals surface area contributed by atoms with Gasteiger partial charge in [0, 0.05) is 29.9 Å². The highest BCUT2D eigenvalue weighted by molar-refractivity contribution is 9.10. The van der Waals surface area contributed by atoms with Crippen molar-refractivity contribution >= 4 is 33.4 Å². The van der Waals surface area contributed by atoms with Gasteiger partial charge in [0.2, 0.25) is 0 Å². The molecule has 0 saturated heterocycles. The number of benzene rings is 2. The van der Waals surface area contributed by atoms with Crippen LogP contribution in [0.2, 0.25) is 0 Å². The lowest BCUT2D eigenvalue weighted by Gasteiger charge is -2.21. The van der Waals surface area contributed by atoms with Crippen molar-refractivity contribution in [3.8, 4) is 5.75 Å². The van der Waals surface area contributed by atoms with Crippen LogP contribution in [0.15, 0.2) is 46.9 Å². The molecule has 27 heavy (non-hydrogen) atoms. The van der Waals surface area contributed by atoms with Gasteiger partial charge in [-0.05, 0) is 71.2 Å². The summed E-state index contributed by atoms with van der Waals surface area (Å²) in [6.45, 7) is 5.62. The van der Waals surface area contributed by atoms with Crippen LogP contribution in [0.3, 0.4) is 0 Å². The van der Waals surface area contributed by atoms with E-state index in [2.05, 4.69) is 35.1 Å². The van der Waals surface area contributed by atoms with Gasteiger partial charge in [0.05, 0.1) is 11.6 Å². The van der Waals surface area contributed by atoms with Gasteiger partial charge in [-0.1, -0.05) is 13.8 Å². The molecular weight excluding hydrogens is 408 g/mol. The highest BCUT2D eigenvalue weighted by Crippen LogP contribution is 2.26. The second-order valence-electron chi connectivity index (χ2n) is 6.17. The molecule has 2 aromatic carbocycles. The lowest BCUT2D eigenvalue weighted by atomic mass is 10.1. The summed E-state index contributed by atoms with van der Waals surface area (Å²) in [7, 11) is 1.57. The smallest absolute Gasteiger partial charge is 0.255 e. The van der Waals surface area contributed by atoms with E-state index in [0.717, 1.165) is 25.9 Å². The number of hydrogen-bond donors (Lipinski definition) is 1. The monoisotopic (exact) mass is 432 g/mol. The summed E-state index contributed by atoms with van der Waals surface area (Å²) in [5.74, 6) is 0.463. The number of nitrogens with one attached hydrogen (secondary N) is 1. The van der Waals surface area contributed by atoms with Crippen LogP contribution in [0, 0.1) is 0 Å². The molecule has 6 heteroatoms. The Labute approximate surface area is 168 Å². The zero-order chi connectivity index (χ0) is 19.8. The lowest BCUT2D eigenvalue weighted by molar-refractivity contribution is 0.0755. The predicted octanol–water partition coefficient (Wildman–Crippen LogP) is 4.97. The Morgan fingerprint density at radius 3 is 2.11 bits per heavy atom. The molecule has 2 rings (SSSR count). The zero-order valence-electron chi connectivity index (χ0n) is 15.9. The molecule has 0 fully saturated rings. The average Bonchev–Trinajstić information content (AvgIpc) is 2.67. The van der Waals surface area contributed by atoms with Crippen molar-refractivity contribution in [2.75, 3.05) is 25.5 Å². The summed E-state index contributed by atoms with van der Waals surface area (Å²) in [6.07, 6.45) is 1.86. The van der Waals surface area contributed by atoms with E-state index in [-0.39, 0.29) is 11.8 Å². The van der Waals surface area contributed by atoms with Crippen molar-refractivity contribution in [2.24, 2.45) is 0 Å². The molecule has 1 N–H and O–H groups in total.